The quantitative estimate of drug-likeness (QED) is 0.833. The van der Waals surface area contributed by atoms with E-state index in [1.807, 2.05) is 31.2 Å². The highest BCUT2D eigenvalue weighted by Gasteiger charge is 2.09. The Hall–Kier alpha value is -2.49. The summed E-state index contributed by atoms with van der Waals surface area (Å²) < 4.78 is 12.8. The number of amides is 1. The van der Waals surface area contributed by atoms with Crippen molar-refractivity contribution in [2.45, 2.75) is 19.8 Å². The lowest BCUT2D eigenvalue weighted by atomic mass is 10.0. The van der Waals surface area contributed by atoms with E-state index >= 15 is 0 Å². The van der Waals surface area contributed by atoms with Gasteiger partial charge in [0.2, 0.25) is 5.91 Å². The molecule has 3 nitrogen and oxygen atoms in total. The number of aryl methyl sites for hydroxylation is 2. The molecule has 0 unspecified atom stereocenters. The highest BCUT2D eigenvalue weighted by atomic mass is 19.1. The van der Waals surface area contributed by atoms with E-state index in [-0.39, 0.29) is 24.1 Å². The van der Waals surface area contributed by atoms with E-state index in [2.05, 4.69) is 5.32 Å². The number of rotatable bonds is 6. The van der Waals surface area contributed by atoms with Gasteiger partial charge in [-0.1, -0.05) is 24.3 Å². The summed E-state index contributed by atoms with van der Waals surface area (Å²) in [4.78, 5) is 23.6. The molecule has 0 aliphatic heterocycles. The van der Waals surface area contributed by atoms with E-state index in [9.17, 15) is 14.0 Å². The number of hydrogen-bond donors (Lipinski definition) is 1. The van der Waals surface area contributed by atoms with Gasteiger partial charge in [0, 0.05) is 12.0 Å². The minimum Gasteiger partial charge on any atom is -0.349 e. The van der Waals surface area contributed by atoms with Gasteiger partial charge in [0.1, 0.15) is 5.82 Å². The molecule has 22 heavy (non-hydrogen) atoms. The maximum atomic E-state index is 12.8. The molecule has 2 aromatic rings. The lowest BCUT2D eigenvalue weighted by Crippen LogP contribution is -2.29. The largest absolute Gasteiger partial charge is 0.349 e. The third kappa shape index (κ3) is 4.52. The van der Waals surface area contributed by atoms with E-state index in [1.54, 1.807) is 0 Å². The molecule has 0 heterocycles. The van der Waals surface area contributed by atoms with E-state index < -0.39 is 0 Å². The third-order valence-corrected chi connectivity index (χ3v) is 3.49. The molecule has 0 fully saturated rings. The van der Waals surface area contributed by atoms with Crippen LogP contribution in [0.4, 0.5) is 4.39 Å². The summed E-state index contributed by atoms with van der Waals surface area (Å²) in [7, 11) is 0. The molecule has 1 N–H and O–H groups in total. The fraction of sp³-hybridized carbons (Fsp3) is 0.222. The van der Waals surface area contributed by atoms with Crippen LogP contribution in [0, 0.1) is 12.7 Å². The molecule has 0 aliphatic rings. The maximum Gasteiger partial charge on any atom is 0.220 e. The van der Waals surface area contributed by atoms with Crippen LogP contribution in [0.3, 0.4) is 0 Å². The van der Waals surface area contributed by atoms with Gasteiger partial charge in [-0.25, -0.2) is 4.39 Å². The Kier molecular flexibility index (Phi) is 5.42. The number of hydrogen-bond acceptors (Lipinski definition) is 2. The Morgan fingerprint density at radius 3 is 2.41 bits per heavy atom. The Morgan fingerprint density at radius 1 is 1.05 bits per heavy atom. The van der Waals surface area contributed by atoms with Crippen molar-refractivity contribution in [1.82, 2.24) is 5.32 Å². The third-order valence-electron chi connectivity index (χ3n) is 3.49. The molecular formula is C18H18FNO2. The highest BCUT2D eigenvalue weighted by molar-refractivity contribution is 5.99. The SMILES string of the molecule is Cc1ccccc1CCC(=O)NCC(=O)c1ccc(F)cc1. The zero-order chi connectivity index (χ0) is 15.9. The van der Waals surface area contributed by atoms with Gasteiger partial charge in [0.05, 0.1) is 6.54 Å². The van der Waals surface area contributed by atoms with Crippen molar-refractivity contribution in [2.24, 2.45) is 0 Å². The van der Waals surface area contributed by atoms with Gasteiger partial charge in [0.15, 0.2) is 5.78 Å². The molecular weight excluding hydrogens is 281 g/mol. The second-order valence-corrected chi connectivity index (χ2v) is 5.13. The maximum absolute atomic E-state index is 12.8. The molecule has 1 amide bonds. The summed E-state index contributed by atoms with van der Waals surface area (Å²) in [5.41, 5.74) is 2.67. The van der Waals surface area contributed by atoms with E-state index in [0.29, 0.717) is 18.4 Å². The van der Waals surface area contributed by atoms with E-state index in [0.717, 1.165) is 11.1 Å². The average molecular weight is 299 g/mol. The second-order valence-electron chi connectivity index (χ2n) is 5.13. The standard InChI is InChI=1S/C18H18FNO2/c1-13-4-2-3-5-14(13)8-11-18(22)20-12-17(21)15-6-9-16(19)10-7-15/h2-7,9-10H,8,11-12H2,1H3,(H,20,22). The number of benzene rings is 2. The van der Waals surface area contributed by atoms with Gasteiger partial charge in [0.25, 0.3) is 0 Å². The first kappa shape index (κ1) is 15.9. The number of nitrogens with one attached hydrogen (secondary N) is 1. The van der Waals surface area contributed by atoms with Gasteiger partial charge in [-0.05, 0) is 48.7 Å². The van der Waals surface area contributed by atoms with Crippen LogP contribution in [-0.4, -0.2) is 18.2 Å². The molecule has 0 bridgehead atoms. The predicted octanol–water partition coefficient (Wildman–Crippen LogP) is 3.07. The Morgan fingerprint density at radius 2 is 1.73 bits per heavy atom. The Balaban J connectivity index is 1.79. The van der Waals surface area contributed by atoms with Crippen LogP contribution >= 0.6 is 0 Å². The van der Waals surface area contributed by atoms with Crippen molar-refractivity contribution in [3.8, 4) is 0 Å². The van der Waals surface area contributed by atoms with Crippen LogP contribution in [0.5, 0.6) is 0 Å². The zero-order valence-corrected chi connectivity index (χ0v) is 12.4. The molecule has 0 aromatic heterocycles. The first-order chi connectivity index (χ1) is 10.6. The van der Waals surface area contributed by atoms with Crippen LogP contribution in [-0.2, 0) is 11.2 Å². The van der Waals surface area contributed by atoms with Crippen molar-refractivity contribution in [3.63, 3.8) is 0 Å². The minimum atomic E-state index is -0.390. The molecule has 0 saturated carbocycles. The van der Waals surface area contributed by atoms with E-state index in [4.69, 9.17) is 0 Å². The fourth-order valence-electron chi connectivity index (χ4n) is 2.14. The number of ketones is 1. The van der Waals surface area contributed by atoms with Crippen LogP contribution in [0.15, 0.2) is 48.5 Å². The summed E-state index contributed by atoms with van der Waals surface area (Å²) in [6, 6.07) is 13.2. The predicted molar refractivity (Wildman–Crippen MR) is 83.2 cm³/mol. The monoisotopic (exact) mass is 299 g/mol. The summed E-state index contributed by atoms with van der Waals surface area (Å²) >= 11 is 0. The number of carbonyl (C=O) groups excluding carboxylic acids is 2. The second kappa shape index (κ2) is 7.50. The van der Waals surface area contributed by atoms with Crippen molar-refractivity contribution in [2.75, 3.05) is 6.54 Å². The molecule has 0 aliphatic carbocycles. The molecule has 0 radical (unpaired) electrons. The van der Waals surface area contributed by atoms with Crippen molar-refractivity contribution < 1.29 is 14.0 Å². The van der Waals surface area contributed by atoms with Crippen molar-refractivity contribution in [1.29, 1.82) is 0 Å². The van der Waals surface area contributed by atoms with Gasteiger partial charge in [-0.3, -0.25) is 9.59 Å². The molecule has 0 atom stereocenters. The molecule has 0 spiro atoms. The summed E-state index contributed by atoms with van der Waals surface area (Å²) in [5.74, 6) is -0.790. The molecule has 114 valence electrons. The normalized spacial score (nSPS) is 10.3. The van der Waals surface area contributed by atoms with Crippen LogP contribution < -0.4 is 5.32 Å². The van der Waals surface area contributed by atoms with E-state index in [1.165, 1.54) is 24.3 Å². The van der Waals surface area contributed by atoms with Crippen LogP contribution in [0.1, 0.15) is 27.9 Å². The first-order valence-corrected chi connectivity index (χ1v) is 7.16. The number of halogens is 1. The van der Waals surface area contributed by atoms with Crippen LogP contribution in [0.25, 0.3) is 0 Å². The highest BCUT2D eigenvalue weighted by Crippen LogP contribution is 2.09. The first-order valence-electron chi connectivity index (χ1n) is 7.16. The zero-order valence-electron chi connectivity index (χ0n) is 12.4. The molecule has 4 heteroatoms. The summed E-state index contributed by atoms with van der Waals surface area (Å²) in [5, 5.41) is 2.60. The number of carbonyl (C=O) groups is 2. The lowest BCUT2D eigenvalue weighted by molar-refractivity contribution is -0.120. The number of Topliss-reactive ketones (excluding diaryl/α,β-unsaturated/α-hetero) is 1. The van der Waals surface area contributed by atoms with Crippen LogP contribution in [0.2, 0.25) is 0 Å². The molecule has 2 aromatic carbocycles. The molecule has 0 saturated heterocycles. The smallest absolute Gasteiger partial charge is 0.220 e. The fourth-order valence-corrected chi connectivity index (χ4v) is 2.14. The summed E-state index contributed by atoms with van der Waals surface area (Å²) in [6.07, 6.45) is 0.977. The van der Waals surface area contributed by atoms with Gasteiger partial charge < -0.3 is 5.32 Å². The Labute approximate surface area is 129 Å². The lowest BCUT2D eigenvalue weighted by Gasteiger charge is -2.07. The van der Waals surface area contributed by atoms with Crippen molar-refractivity contribution >= 4 is 11.7 Å². The van der Waals surface area contributed by atoms with Gasteiger partial charge >= 0.3 is 0 Å². The van der Waals surface area contributed by atoms with Gasteiger partial charge in [-0.15, -0.1) is 0 Å². The minimum absolute atomic E-state index is 0.0712. The molecule has 2 rings (SSSR count). The van der Waals surface area contributed by atoms with Gasteiger partial charge in [-0.2, -0.15) is 0 Å². The Bertz CT molecular complexity index is 665. The average Bonchev–Trinajstić information content (AvgIpc) is 2.52. The topological polar surface area (TPSA) is 46.2 Å². The van der Waals surface area contributed by atoms with Crippen molar-refractivity contribution in [3.05, 3.63) is 71.0 Å². The summed E-state index contributed by atoms with van der Waals surface area (Å²) in [6.45, 7) is 1.93.